The zero-order valence-corrected chi connectivity index (χ0v) is 11.8. The van der Waals surface area contributed by atoms with Gasteiger partial charge in [0, 0.05) is 18.8 Å². The van der Waals surface area contributed by atoms with Crippen molar-refractivity contribution in [1.29, 1.82) is 0 Å². The van der Waals surface area contributed by atoms with Crippen LogP contribution in [-0.4, -0.2) is 35.9 Å². The highest BCUT2D eigenvalue weighted by molar-refractivity contribution is 5.74. The highest BCUT2D eigenvalue weighted by Gasteiger charge is 2.41. The number of hydrogen-bond donors (Lipinski definition) is 2. The third-order valence-electron chi connectivity index (χ3n) is 3.88. The van der Waals surface area contributed by atoms with Gasteiger partial charge < -0.3 is 20.1 Å². The van der Waals surface area contributed by atoms with Crippen molar-refractivity contribution in [2.45, 2.75) is 50.7 Å². The second-order valence-corrected chi connectivity index (χ2v) is 5.42. The molecule has 0 spiro atoms. The molecular weight excluding hydrogens is 296 g/mol. The molecule has 1 aromatic rings. The first-order valence-electron chi connectivity index (χ1n) is 7.20. The molecule has 2 aliphatic heterocycles. The molecule has 3 unspecified atom stereocenters. The molecule has 120 valence electrons. The van der Waals surface area contributed by atoms with Crippen molar-refractivity contribution in [2.24, 2.45) is 0 Å². The molecule has 2 aliphatic rings. The van der Waals surface area contributed by atoms with E-state index in [9.17, 15) is 13.6 Å². The summed E-state index contributed by atoms with van der Waals surface area (Å²) < 4.78 is 34.1. The monoisotopic (exact) mass is 313 g/mol. The summed E-state index contributed by atoms with van der Waals surface area (Å²) in [5.74, 6) is -0.170. The van der Waals surface area contributed by atoms with E-state index in [0.29, 0.717) is 5.56 Å². The molecule has 2 amide bonds. The number of pyridine rings is 1. The number of carbonyl (C=O) groups excluding carboxylic acids is 1. The molecular formula is C14H17F2N3O3. The standard InChI is InChI=1S/C14H17F2N3O3/c15-13(16)22-12-5-8(3-4-17-12)7-18-14(20)19-10-6-9-1-2-11(10)21-9/h3-5,9-11,13H,1-2,6-7H2,(H2,18,19,20). The molecule has 0 aromatic carbocycles. The van der Waals surface area contributed by atoms with Gasteiger partial charge in [0.2, 0.25) is 5.88 Å². The maximum Gasteiger partial charge on any atom is 0.388 e. The van der Waals surface area contributed by atoms with E-state index in [1.165, 1.54) is 12.3 Å². The van der Waals surface area contributed by atoms with Crippen molar-refractivity contribution in [3.63, 3.8) is 0 Å². The van der Waals surface area contributed by atoms with Gasteiger partial charge in [-0.2, -0.15) is 8.78 Å². The van der Waals surface area contributed by atoms with Crippen LogP contribution in [-0.2, 0) is 11.3 Å². The lowest BCUT2D eigenvalue weighted by molar-refractivity contribution is -0.0529. The quantitative estimate of drug-likeness (QED) is 0.869. The van der Waals surface area contributed by atoms with Gasteiger partial charge >= 0.3 is 12.6 Å². The van der Waals surface area contributed by atoms with Crippen molar-refractivity contribution >= 4 is 6.03 Å². The van der Waals surface area contributed by atoms with Crippen LogP contribution in [0.4, 0.5) is 13.6 Å². The minimum atomic E-state index is -2.92. The van der Waals surface area contributed by atoms with Crippen LogP contribution < -0.4 is 15.4 Å². The van der Waals surface area contributed by atoms with E-state index in [2.05, 4.69) is 20.4 Å². The molecule has 0 aliphatic carbocycles. The third kappa shape index (κ3) is 3.62. The van der Waals surface area contributed by atoms with Gasteiger partial charge in [-0.05, 0) is 30.9 Å². The Bertz CT molecular complexity index is 544. The van der Waals surface area contributed by atoms with Crippen LogP contribution >= 0.6 is 0 Å². The van der Waals surface area contributed by atoms with Crippen LogP contribution in [0.5, 0.6) is 5.88 Å². The second kappa shape index (κ2) is 6.43. The summed E-state index contributed by atoms with van der Waals surface area (Å²) in [5.41, 5.74) is 0.630. The maximum absolute atomic E-state index is 12.1. The summed E-state index contributed by atoms with van der Waals surface area (Å²) >= 11 is 0. The summed E-state index contributed by atoms with van der Waals surface area (Å²) in [6, 6.07) is 2.75. The number of rotatable bonds is 5. The van der Waals surface area contributed by atoms with Gasteiger partial charge in [-0.3, -0.25) is 0 Å². The van der Waals surface area contributed by atoms with E-state index in [1.807, 2.05) is 0 Å². The lowest BCUT2D eigenvalue weighted by Gasteiger charge is -2.20. The number of ether oxygens (including phenoxy) is 2. The SMILES string of the molecule is O=C(NCc1ccnc(OC(F)F)c1)NC1CC2CCC1O2. The molecule has 2 N–H and O–H groups in total. The fourth-order valence-electron chi connectivity index (χ4n) is 2.91. The Morgan fingerprint density at radius 3 is 3.05 bits per heavy atom. The first kappa shape index (κ1) is 15.0. The van der Waals surface area contributed by atoms with Gasteiger partial charge in [0.15, 0.2) is 0 Å². The normalized spacial score (nSPS) is 26.2. The number of urea groups is 1. The van der Waals surface area contributed by atoms with Crippen molar-refractivity contribution in [1.82, 2.24) is 15.6 Å². The summed E-state index contributed by atoms with van der Waals surface area (Å²) in [5, 5.41) is 5.57. The van der Waals surface area contributed by atoms with Gasteiger partial charge in [0.05, 0.1) is 18.2 Å². The molecule has 2 saturated heterocycles. The molecule has 0 saturated carbocycles. The Morgan fingerprint density at radius 2 is 2.36 bits per heavy atom. The smallest absolute Gasteiger partial charge is 0.388 e. The third-order valence-corrected chi connectivity index (χ3v) is 3.88. The average molecular weight is 313 g/mol. The number of halogens is 2. The fraction of sp³-hybridized carbons (Fsp3) is 0.571. The Hall–Kier alpha value is -1.96. The molecule has 2 bridgehead atoms. The van der Waals surface area contributed by atoms with Crippen LogP contribution in [0.15, 0.2) is 18.3 Å². The Balaban J connectivity index is 1.46. The molecule has 1 aromatic heterocycles. The van der Waals surface area contributed by atoms with Gasteiger partial charge in [-0.25, -0.2) is 9.78 Å². The Morgan fingerprint density at radius 1 is 1.50 bits per heavy atom. The molecule has 6 nitrogen and oxygen atoms in total. The van der Waals surface area contributed by atoms with E-state index in [4.69, 9.17) is 4.74 Å². The molecule has 2 fully saturated rings. The molecule has 0 radical (unpaired) electrons. The molecule has 22 heavy (non-hydrogen) atoms. The number of fused-ring (bicyclic) bond motifs is 2. The van der Waals surface area contributed by atoms with Crippen molar-refractivity contribution in [3.05, 3.63) is 23.9 Å². The van der Waals surface area contributed by atoms with Crippen LogP contribution in [0.1, 0.15) is 24.8 Å². The molecule has 3 rings (SSSR count). The fourth-order valence-corrected chi connectivity index (χ4v) is 2.91. The van der Waals surface area contributed by atoms with E-state index >= 15 is 0 Å². The highest BCUT2D eigenvalue weighted by Crippen LogP contribution is 2.34. The summed E-state index contributed by atoms with van der Waals surface area (Å²) in [6.45, 7) is -2.72. The summed E-state index contributed by atoms with van der Waals surface area (Å²) in [6.07, 6.45) is 4.63. The summed E-state index contributed by atoms with van der Waals surface area (Å²) in [7, 11) is 0. The van der Waals surface area contributed by atoms with Crippen LogP contribution in [0.3, 0.4) is 0 Å². The topological polar surface area (TPSA) is 72.5 Å². The largest absolute Gasteiger partial charge is 0.417 e. The van der Waals surface area contributed by atoms with Crippen molar-refractivity contribution in [3.8, 4) is 5.88 Å². The lowest BCUT2D eigenvalue weighted by atomic mass is 9.96. The van der Waals surface area contributed by atoms with Gasteiger partial charge in [0.25, 0.3) is 0 Å². The zero-order chi connectivity index (χ0) is 15.5. The number of amides is 2. The molecule has 3 atom stereocenters. The van der Waals surface area contributed by atoms with Crippen molar-refractivity contribution < 1.29 is 23.0 Å². The molecule has 8 heteroatoms. The number of nitrogens with one attached hydrogen (secondary N) is 2. The number of nitrogens with zero attached hydrogens (tertiary/aromatic N) is 1. The number of carbonyl (C=O) groups is 1. The second-order valence-electron chi connectivity index (χ2n) is 5.42. The number of alkyl halides is 2. The van der Waals surface area contributed by atoms with Gasteiger partial charge in [-0.1, -0.05) is 0 Å². The average Bonchev–Trinajstić information content (AvgIpc) is 3.07. The molecule has 3 heterocycles. The Labute approximate surface area is 126 Å². The van der Waals surface area contributed by atoms with Crippen LogP contribution in [0.25, 0.3) is 0 Å². The predicted octanol–water partition coefficient (Wildman–Crippen LogP) is 1.80. The van der Waals surface area contributed by atoms with E-state index < -0.39 is 6.61 Å². The first-order chi connectivity index (χ1) is 10.6. The lowest BCUT2D eigenvalue weighted by Crippen LogP contribution is -2.46. The zero-order valence-electron chi connectivity index (χ0n) is 11.8. The first-order valence-corrected chi connectivity index (χ1v) is 7.20. The minimum Gasteiger partial charge on any atom is -0.417 e. The number of hydrogen-bond acceptors (Lipinski definition) is 4. The predicted molar refractivity (Wildman–Crippen MR) is 72.5 cm³/mol. The van der Waals surface area contributed by atoms with E-state index in [-0.39, 0.29) is 36.7 Å². The van der Waals surface area contributed by atoms with E-state index in [1.54, 1.807) is 6.07 Å². The Kier molecular flexibility index (Phi) is 4.37. The van der Waals surface area contributed by atoms with Gasteiger partial charge in [-0.15, -0.1) is 0 Å². The van der Waals surface area contributed by atoms with Gasteiger partial charge in [0.1, 0.15) is 0 Å². The maximum atomic E-state index is 12.1. The highest BCUT2D eigenvalue weighted by atomic mass is 19.3. The van der Waals surface area contributed by atoms with Crippen LogP contribution in [0.2, 0.25) is 0 Å². The van der Waals surface area contributed by atoms with E-state index in [0.717, 1.165) is 19.3 Å². The van der Waals surface area contributed by atoms with Crippen LogP contribution in [0, 0.1) is 0 Å². The minimum absolute atomic E-state index is 0.0499. The summed E-state index contributed by atoms with van der Waals surface area (Å²) in [4.78, 5) is 15.5. The number of aromatic nitrogens is 1. The van der Waals surface area contributed by atoms with Crippen molar-refractivity contribution in [2.75, 3.05) is 0 Å².